The van der Waals surface area contributed by atoms with Crippen LogP contribution in [0.3, 0.4) is 0 Å². The van der Waals surface area contributed by atoms with Crippen molar-refractivity contribution in [1.82, 2.24) is 0 Å². The minimum absolute atomic E-state index is 0.123. The Kier molecular flexibility index (Phi) is 5.29. The van der Waals surface area contributed by atoms with Crippen LogP contribution >= 0.6 is 11.6 Å². The van der Waals surface area contributed by atoms with Crippen molar-refractivity contribution in [2.24, 2.45) is 5.73 Å². The second kappa shape index (κ2) is 6.75. The average molecular weight is 257 g/mol. The summed E-state index contributed by atoms with van der Waals surface area (Å²) in [7, 11) is 0. The van der Waals surface area contributed by atoms with Crippen molar-refractivity contribution in [3.63, 3.8) is 0 Å². The Hall–Kier alpha value is -1.75. The van der Waals surface area contributed by atoms with E-state index in [1.165, 1.54) is 0 Å². The number of primary amides is 1. The lowest BCUT2D eigenvalue weighted by Gasteiger charge is -2.11. The van der Waals surface area contributed by atoms with Crippen molar-refractivity contribution in [3.05, 3.63) is 24.3 Å². The fourth-order valence-electron chi connectivity index (χ4n) is 1.14. The van der Waals surface area contributed by atoms with Crippen LogP contribution in [-0.2, 0) is 9.59 Å². The number of anilines is 1. The number of carbonyl (C=O) groups is 2. The van der Waals surface area contributed by atoms with Gasteiger partial charge in [-0.1, -0.05) is 12.1 Å². The minimum Gasteiger partial charge on any atom is -0.491 e. The summed E-state index contributed by atoms with van der Waals surface area (Å²) in [6, 6.07) is 6.88. The number of alkyl halides is 1. The number of nitrogens with two attached hydrogens (primary N) is 1. The van der Waals surface area contributed by atoms with Crippen LogP contribution in [0.4, 0.5) is 5.69 Å². The number of benzene rings is 1. The van der Waals surface area contributed by atoms with Crippen LogP contribution in [0.15, 0.2) is 24.3 Å². The van der Waals surface area contributed by atoms with E-state index < -0.39 is 5.91 Å². The lowest BCUT2D eigenvalue weighted by Crippen LogP contribution is -2.16. The number of halogens is 1. The Labute approximate surface area is 104 Å². The molecule has 0 bridgehead atoms. The van der Waals surface area contributed by atoms with Crippen molar-refractivity contribution in [2.75, 3.05) is 17.8 Å². The third kappa shape index (κ3) is 4.74. The molecule has 92 valence electrons. The largest absolute Gasteiger partial charge is 0.491 e. The maximum atomic E-state index is 11.1. The quantitative estimate of drug-likeness (QED) is 0.749. The van der Waals surface area contributed by atoms with Gasteiger partial charge in [-0.3, -0.25) is 9.59 Å². The van der Waals surface area contributed by atoms with Gasteiger partial charge in [0.1, 0.15) is 11.6 Å². The van der Waals surface area contributed by atoms with Gasteiger partial charge in [0.2, 0.25) is 11.8 Å². The van der Waals surface area contributed by atoms with E-state index in [1.807, 2.05) is 0 Å². The SMILES string of the molecule is NC(=O)CCOc1ccccc1NC(=O)CCl. The topological polar surface area (TPSA) is 81.4 Å². The molecule has 0 atom stereocenters. The molecule has 5 nitrogen and oxygen atoms in total. The molecule has 1 aromatic carbocycles. The van der Waals surface area contributed by atoms with Gasteiger partial charge in [-0.2, -0.15) is 0 Å². The lowest BCUT2D eigenvalue weighted by atomic mass is 10.3. The monoisotopic (exact) mass is 256 g/mol. The number of amides is 2. The van der Waals surface area contributed by atoms with E-state index >= 15 is 0 Å². The Morgan fingerprint density at radius 3 is 2.71 bits per heavy atom. The van der Waals surface area contributed by atoms with Crippen LogP contribution in [-0.4, -0.2) is 24.3 Å². The highest BCUT2D eigenvalue weighted by Gasteiger charge is 2.06. The molecule has 0 aromatic heterocycles. The average Bonchev–Trinajstić information content (AvgIpc) is 2.30. The smallest absolute Gasteiger partial charge is 0.239 e. The molecule has 0 saturated heterocycles. The molecule has 0 fully saturated rings. The van der Waals surface area contributed by atoms with Crippen LogP contribution < -0.4 is 15.8 Å². The number of hydrogen-bond acceptors (Lipinski definition) is 3. The summed E-state index contributed by atoms with van der Waals surface area (Å²) in [5.41, 5.74) is 5.51. The Balaban J connectivity index is 2.64. The van der Waals surface area contributed by atoms with Crippen molar-refractivity contribution in [2.45, 2.75) is 6.42 Å². The first-order chi connectivity index (χ1) is 8.13. The van der Waals surface area contributed by atoms with E-state index in [-0.39, 0.29) is 24.8 Å². The third-order valence-corrected chi connectivity index (χ3v) is 2.13. The molecule has 2 amide bonds. The lowest BCUT2D eigenvalue weighted by molar-refractivity contribution is -0.118. The van der Waals surface area contributed by atoms with Crippen LogP contribution in [0.25, 0.3) is 0 Å². The van der Waals surface area contributed by atoms with Crippen LogP contribution in [0.5, 0.6) is 5.75 Å². The second-order valence-corrected chi connectivity index (χ2v) is 3.51. The summed E-state index contributed by atoms with van der Waals surface area (Å²) in [6.45, 7) is 0.170. The van der Waals surface area contributed by atoms with Gasteiger partial charge in [0, 0.05) is 0 Å². The number of ether oxygens (including phenoxy) is 1. The highest BCUT2D eigenvalue weighted by Crippen LogP contribution is 2.23. The van der Waals surface area contributed by atoms with Gasteiger partial charge in [-0.05, 0) is 12.1 Å². The van der Waals surface area contributed by atoms with Crippen molar-refractivity contribution in [1.29, 1.82) is 0 Å². The molecule has 1 rings (SSSR count). The standard InChI is InChI=1S/C11H13ClN2O3/c12-7-11(16)14-8-3-1-2-4-9(8)17-6-5-10(13)15/h1-4H,5-7H2,(H2,13,15)(H,14,16). The molecular weight excluding hydrogens is 244 g/mol. The zero-order valence-corrected chi connectivity index (χ0v) is 9.87. The van der Waals surface area contributed by atoms with Gasteiger partial charge in [0.15, 0.2) is 0 Å². The van der Waals surface area contributed by atoms with E-state index in [9.17, 15) is 9.59 Å². The molecule has 17 heavy (non-hydrogen) atoms. The molecule has 6 heteroatoms. The summed E-state index contributed by atoms with van der Waals surface area (Å²) in [5.74, 6) is -0.410. The third-order valence-electron chi connectivity index (χ3n) is 1.89. The van der Waals surface area contributed by atoms with Gasteiger partial charge in [0.05, 0.1) is 18.7 Å². The normalized spacial score (nSPS) is 9.71. The van der Waals surface area contributed by atoms with E-state index in [0.717, 1.165) is 0 Å². The summed E-state index contributed by atoms with van der Waals surface area (Å²) in [5, 5.41) is 2.59. The number of para-hydroxylation sites is 2. The van der Waals surface area contributed by atoms with Crippen LogP contribution in [0.1, 0.15) is 6.42 Å². The fourth-order valence-corrected chi connectivity index (χ4v) is 1.21. The first-order valence-corrected chi connectivity index (χ1v) is 5.53. The van der Waals surface area contributed by atoms with Gasteiger partial charge in [0.25, 0.3) is 0 Å². The van der Waals surface area contributed by atoms with Crippen molar-refractivity contribution >= 4 is 29.1 Å². The first-order valence-electron chi connectivity index (χ1n) is 4.99. The summed E-state index contributed by atoms with van der Waals surface area (Å²) >= 11 is 5.39. The maximum absolute atomic E-state index is 11.1. The number of hydrogen-bond donors (Lipinski definition) is 2. The Morgan fingerprint density at radius 1 is 1.35 bits per heavy atom. The molecular formula is C11H13ClN2O3. The number of nitrogens with one attached hydrogen (secondary N) is 1. The fraction of sp³-hybridized carbons (Fsp3) is 0.273. The summed E-state index contributed by atoms with van der Waals surface area (Å²) in [6.07, 6.45) is 0.123. The zero-order valence-electron chi connectivity index (χ0n) is 9.11. The molecule has 0 aliphatic carbocycles. The molecule has 0 saturated carbocycles. The van der Waals surface area contributed by atoms with E-state index in [1.54, 1.807) is 24.3 Å². The Bertz CT molecular complexity index is 409. The molecule has 0 spiro atoms. The second-order valence-electron chi connectivity index (χ2n) is 3.24. The van der Waals surface area contributed by atoms with E-state index in [4.69, 9.17) is 22.1 Å². The predicted molar refractivity (Wildman–Crippen MR) is 65.1 cm³/mol. The van der Waals surface area contributed by atoms with Crippen molar-refractivity contribution in [3.8, 4) is 5.75 Å². The highest BCUT2D eigenvalue weighted by molar-refractivity contribution is 6.29. The zero-order chi connectivity index (χ0) is 12.7. The van der Waals surface area contributed by atoms with Gasteiger partial charge in [-0.25, -0.2) is 0 Å². The van der Waals surface area contributed by atoms with Crippen LogP contribution in [0.2, 0.25) is 0 Å². The van der Waals surface area contributed by atoms with Gasteiger partial charge >= 0.3 is 0 Å². The Morgan fingerprint density at radius 2 is 2.06 bits per heavy atom. The van der Waals surface area contributed by atoms with E-state index in [0.29, 0.717) is 11.4 Å². The molecule has 0 radical (unpaired) electrons. The molecule has 1 aromatic rings. The highest BCUT2D eigenvalue weighted by atomic mass is 35.5. The molecule has 0 aliphatic rings. The molecule has 0 heterocycles. The summed E-state index contributed by atoms with van der Waals surface area (Å²) < 4.78 is 5.33. The van der Waals surface area contributed by atoms with Gasteiger partial charge in [-0.15, -0.1) is 11.6 Å². The summed E-state index contributed by atoms with van der Waals surface area (Å²) in [4.78, 5) is 21.7. The predicted octanol–water partition coefficient (Wildman–Crippen LogP) is 1.12. The van der Waals surface area contributed by atoms with Gasteiger partial charge < -0.3 is 15.8 Å². The molecule has 3 N–H and O–H groups in total. The molecule has 0 aliphatic heterocycles. The minimum atomic E-state index is -0.438. The molecule has 0 unspecified atom stereocenters. The maximum Gasteiger partial charge on any atom is 0.239 e. The van der Waals surface area contributed by atoms with Crippen LogP contribution in [0, 0.1) is 0 Å². The number of carbonyl (C=O) groups excluding carboxylic acids is 2. The first kappa shape index (κ1) is 13.3. The number of rotatable bonds is 6. The van der Waals surface area contributed by atoms with E-state index in [2.05, 4.69) is 5.32 Å². The van der Waals surface area contributed by atoms with Crippen molar-refractivity contribution < 1.29 is 14.3 Å².